The largest absolute Gasteiger partial charge is 0.350 e. The second-order valence-corrected chi connectivity index (χ2v) is 13.2. The van der Waals surface area contributed by atoms with Crippen LogP contribution in [0.1, 0.15) is 44.7 Å². The van der Waals surface area contributed by atoms with Crippen molar-refractivity contribution >= 4 is 39.1 Å². The fourth-order valence-corrected chi connectivity index (χ4v) is 5.48. The maximum atomic E-state index is 13.8. The molecule has 3 aromatic carbocycles. The van der Waals surface area contributed by atoms with Crippen molar-refractivity contribution in [1.82, 2.24) is 10.2 Å². The average Bonchev–Trinajstić information content (AvgIpc) is 2.89. The molecule has 40 heavy (non-hydrogen) atoms. The molecule has 0 saturated heterocycles. The molecular formula is C31H38ClN3O4S. The first kappa shape index (κ1) is 31.2. The smallest absolute Gasteiger partial charge is 0.243 e. The number of para-hydroxylation sites is 1. The van der Waals surface area contributed by atoms with Crippen LogP contribution in [0.4, 0.5) is 5.69 Å². The van der Waals surface area contributed by atoms with Gasteiger partial charge in [0.05, 0.1) is 11.9 Å². The van der Waals surface area contributed by atoms with Crippen LogP contribution < -0.4 is 9.62 Å². The summed E-state index contributed by atoms with van der Waals surface area (Å²) in [6.45, 7) is 6.05. The molecule has 0 radical (unpaired) electrons. The van der Waals surface area contributed by atoms with Crippen LogP contribution in [0.2, 0.25) is 5.02 Å². The highest BCUT2D eigenvalue weighted by atomic mass is 35.5. The predicted octanol–water partition coefficient (Wildman–Crippen LogP) is 5.44. The van der Waals surface area contributed by atoms with E-state index in [0.717, 1.165) is 17.4 Å². The number of carbonyl (C=O) groups excluding carboxylic acids is 2. The van der Waals surface area contributed by atoms with Crippen molar-refractivity contribution in [2.75, 3.05) is 17.1 Å². The normalized spacial score (nSPS) is 12.4. The number of amides is 2. The fraction of sp³-hybridized carbons (Fsp3) is 0.355. The predicted molar refractivity (Wildman–Crippen MR) is 162 cm³/mol. The number of hydrogen-bond donors (Lipinski definition) is 1. The van der Waals surface area contributed by atoms with E-state index >= 15 is 0 Å². The second kappa shape index (κ2) is 13.8. The number of carbonyl (C=O) groups is 2. The molecule has 0 aromatic heterocycles. The van der Waals surface area contributed by atoms with E-state index in [-0.39, 0.29) is 37.7 Å². The van der Waals surface area contributed by atoms with Crippen LogP contribution in [0.15, 0.2) is 84.9 Å². The topological polar surface area (TPSA) is 86.8 Å². The Morgan fingerprint density at radius 2 is 1.45 bits per heavy atom. The molecule has 0 aliphatic carbocycles. The summed E-state index contributed by atoms with van der Waals surface area (Å²) < 4.78 is 26.3. The molecule has 0 saturated carbocycles. The Labute approximate surface area is 243 Å². The van der Waals surface area contributed by atoms with Gasteiger partial charge < -0.3 is 10.2 Å². The molecule has 3 aromatic rings. The molecule has 1 N–H and O–H groups in total. The molecule has 9 heteroatoms. The first-order valence-electron chi connectivity index (χ1n) is 13.3. The average molecular weight is 584 g/mol. The van der Waals surface area contributed by atoms with Gasteiger partial charge in [0.1, 0.15) is 6.04 Å². The zero-order valence-corrected chi connectivity index (χ0v) is 25.1. The van der Waals surface area contributed by atoms with Gasteiger partial charge in [-0.2, -0.15) is 0 Å². The van der Waals surface area contributed by atoms with E-state index in [1.807, 2.05) is 69.3 Å². The SMILES string of the molecule is CC(C)(C)NC(=O)[C@H](Cc1ccccc1)N(Cc1ccc(Cl)cc1)C(=O)CCCN(c1ccccc1)S(C)(=O)=O. The summed E-state index contributed by atoms with van der Waals surface area (Å²) in [6, 6.07) is 24.8. The van der Waals surface area contributed by atoms with E-state index in [1.165, 1.54) is 4.31 Å². The number of rotatable bonds is 12. The van der Waals surface area contributed by atoms with E-state index in [4.69, 9.17) is 11.6 Å². The van der Waals surface area contributed by atoms with Gasteiger partial charge in [-0.1, -0.05) is 72.3 Å². The van der Waals surface area contributed by atoms with Crippen molar-refractivity contribution in [2.24, 2.45) is 0 Å². The molecule has 3 rings (SSSR count). The quantitative estimate of drug-likeness (QED) is 0.307. The van der Waals surface area contributed by atoms with E-state index < -0.39 is 21.6 Å². The third-order valence-electron chi connectivity index (χ3n) is 6.23. The van der Waals surface area contributed by atoms with Crippen LogP contribution in [-0.2, 0) is 32.6 Å². The molecule has 214 valence electrons. The van der Waals surface area contributed by atoms with Gasteiger partial charge in [0, 0.05) is 36.5 Å². The summed E-state index contributed by atoms with van der Waals surface area (Å²) in [5, 5.41) is 3.62. The van der Waals surface area contributed by atoms with E-state index in [2.05, 4.69) is 5.32 Å². The Morgan fingerprint density at radius 3 is 2.00 bits per heavy atom. The number of nitrogens with one attached hydrogen (secondary N) is 1. The Kier molecular flexibility index (Phi) is 10.8. The lowest BCUT2D eigenvalue weighted by molar-refractivity contribution is -0.142. The third kappa shape index (κ3) is 9.68. The van der Waals surface area contributed by atoms with Gasteiger partial charge in [-0.3, -0.25) is 13.9 Å². The minimum absolute atomic E-state index is 0.0700. The molecule has 0 fully saturated rings. The number of hydrogen-bond acceptors (Lipinski definition) is 4. The van der Waals surface area contributed by atoms with Gasteiger partial charge in [-0.05, 0) is 62.6 Å². The molecule has 0 aliphatic heterocycles. The first-order chi connectivity index (χ1) is 18.8. The second-order valence-electron chi connectivity index (χ2n) is 10.9. The highest BCUT2D eigenvalue weighted by Gasteiger charge is 2.32. The molecule has 0 unspecified atom stereocenters. The van der Waals surface area contributed by atoms with Crippen molar-refractivity contribution < 1.29 is 18.0 Å². The minimum Gasteiger partial charge on any atom is -0.350 e. The Hall–Kier alpha value is -3.36. The van der Waals surface area contributed by atoms with Crippen molar-refractivity contribution in [1.29, 1.82) is 0 Å². The molecule has 2 amide bonds. The van der Waals surface area contributed by atoms with Crippen LogP contribution in [-0.4, -0.2) is 49.5 Å². The zero-order valence-electron chi connectivity index (χ0n) is 23.5. The summed E-state index contributed by atoms with van der Waals surface area (Å²) in [7, 11) is -3.55. The van der Waals surface area contributed by atoms with E-state index in [1.54, 1.807) is 41.3 Å². The van der Waals surface area contributed by atoms with Crippen molar-refractivity contribution in [3.05, 3.63) is 101 Å². The molecule has 0 heterocycles. The van der Waals surface area contributed by atoms with Gasteiger partial charge >= 0.3 is 0 Å². The van der Waals surface area contributed by atoms with Crippen LogP contribution in [0, 0.1) is 0 Å². The van der Waals surface area contributed by atoms with Crippen LogP contribution in [0.25, 0.3) is 0 Å². The summed E-state index contributed by atoms with van der Waals surface area (Å²) in [5.74, 6) is -0.484. The molecule has 7 nitrogen and oxygen atoms in total. The first-order valence-corrected chi connectivity index (χ1v) is 15.5. The highest BCUT2D eigenvalue weighted by molar-refractivity contribution is 7.92. The van der Waals surface area contributed by atoms with Crippen molar-refractivity contribution in [2.45, 2.75) is 58.2 Å². The van der Waals surface area contributed by atoms with E-state index in [0.29, 0.717) is 17.1 Å². The van der Waals surface area contributed by atoms with E-state index in [9.17, 15) is 18.0 Å². The lowest BCUT2D eigenvalue weighted by Gasteiger charge is -2.34. The van der Waals surface area contributed by atoms with Crippen molar-refractivity contribution in [3.8, 4) is 0 Å². The maximum absolute atomic E-state index is 13.8. The lowest BCUT2D eigenvalue weighted by atomic mass is 10.00. The fourth-order valence-electron chi connectivity index (χ4n) is 4.39. The van der Waals surface area contributed by atoms with Gasteiger partial charge in [0.2, 0.25) is 21.8 Å². The van der Waals surface area contributed by atoms with Crippen LogP contribution >= 0.6 is 11.6 Å². The summed E-state index contributed by atoms with van der Waals surface area (Å²) in [4.78, 5) is 29.1. The van der Waals surface area contributed by atoms with Gasteiger partial charge in [-0.25, -0.2) is 8.42 Å². The summed E-state index contributed by atoms with van der Waals surface area (Å²) in [5.41, 5.74) is 1.81. The van der Waals surface area contributed by atoms with Crippen molar-refractivity contribution in [3.63, 3.8) is 0 Å². The molecular weight excluding hydrogens is 546 g/mol. The summed E-state index contributed by atoms with van der Waals surface area (Å²) >= 11 is 6.09. The Balaban J connectivity index is 1.89. The number of anilines is 1. The maximum Gasteiger partial charge on any atom is 0.243 e. The van der Waals surface area contributed by atoms with Gasteiger partial charge in [-0.15, -0.1) is 0 Å². The zero-order chi connectivity index (χ0) is 29.3. The molecule has 1 atom stereocenters. The number of nitrogens with zero attached hydrogens (tertiary/aromatic N) is 2. The van der Waals surface area contributed by atoms with Crippen LogP contribution in [0.3, 0.4) is 0 Å². The molecule has 0 bridgehead atoms. The van der Waals surface area contributed by atoms with Gasteiger partial charge in [0.25, 0.3) is 0 Å². The monoisotopic (exact) mass is 583 g/mol. The minimum atomic E-state index is -3.55. The highest BCUT2D eigenvalue weighted by Crippen LogP contribution is 2.21. The number of halogens is 1. The number of sulfonamides is 1. The third-order valence-corrected chi connectivity index (χ3v) is 7.68. The molecule has 0 spiro atoms. The standard InChI is InChI=1S/C31H38ClN3O4S/c1-31(2,3)33-30(37)28(22-24-12-7-5-8-13-24)34(23-25-17-19-26(32)20-18-25)29(36)16-11-21-35(40(4,38)39)27-14-9-6-10-15-27/h5-10,12-15,17-20,28H,11,16,21-23H2,1-4H3,(H,33,37)/t28-/m0/s1. The number of benzene rings is 3. The lowest BCUT2D eigenvalue weighted by Crippen LogP contribution is -2.54. The van der Waals surface area contributed by atoms with Gasteiger partial charge in [0.15, 0.2) is 0 Å². The Bertz CT molecular complexity index is 1360. The van der Waals surface area contributed by atoms with Crippen LogP contribution in [0.5, 0.6) is 0 Å². The Morgan fingerprint density at radius 1 is 0.875 bits per heavy atom. The summed E-state index contributed by atoms with van der Waals surface area (Å²) in [6.07, 6.45) is 1.85. The molecule has 0 aliphatic rings.